The van der Waals surface area contributed by atoms with Crippen molar-refractivity contribution < 1.29 is 46.8 Å². The van der Waals surface area contributed by atoms with Gasteiger partial charge in [0.25, 0.3) is 0 Å². The molecule has 3 aromatic carbocycles. The Balaban J connectivity index is 0.000000899. The summed E-state index contributed by atoms with van der Waals surface area (Å²) in [4.78, 5) is 30.3. The van der Waals surface area contributed by atoms with Gasteiger partial charge in [0.2, 0.25) is 5.82 Å². The van der Waals surface area contributed by atoms with Crippen LogP contribution in [0.15, 0.2) is 91.6 Å². The van der Waals surface area contributed by atoms with E-state index in [9.17, 15) is 18.4 Å². The normalized spacial score (nSPS) is 9.44. The van der Waals surface area contributed by atoms with Crippen LogP contribution in [0.25, 0.3) is 11.1 Å². The van der Waals surface area contributed by atoms with E-state index < -0.39 is 17.6 Å². The third kappa shape index (κ3) is 12.0. The van der Waals surface area contributed by atoms with E-state index in [1.165, 1.54) is 45.4 Å². The van der Waals surface area contributed by atoms with Crippen molar-refractivity contribution in [2.24, 2.45) is 0 Å². The number of carbonyl (C=O) groups is 3. The van der Waals surface area contributed by atoms with Crippen molar-refractivity contribution in [1.82, 2.24) is 0 Å². The fraction of sp³-hybridized carbons (Fsp3) is 0.182. The van der Waals surface area contributed by atoms with E-state index in [1.54, 1.807) is 43.3 Å². The number of esters is 1. The van der Waals surface area contributed by atoms with Crippen LogP contribution in [-0.4, -0.2) is 46.0 Å². The number of allylic oxidation sites excluding steroid dienone is 2. The summed E-state index contributed by atoms with van der Waals surface area (Å²) in [5.74, 6) is -1.45. The fourth-order valence-corrected chi connectivity index (χ4v) is 2.96. The maximum Gasteiger partial charge on any atom is 0.338 e. The van der Waals surface area contributed by atoms with Crippen LogP contribution in [0.3, 0.4) is 0 Å². The van der Waals surface area contributed by atoms with Gasteiger partial charge in [-0.1, -0.05) is 31.9 Å². The SMILES string of the molecule is C=C(C)C(=O)Oc1cc(OCCOc2ccc(-c3ccc(OC)cc3)c(F)c2F)ccc1OC.C=C(C)C=O.C=CC=O. The van der Waals surface area contributed by atoms with E-state index in [2.05, 4.69) is 19.7 Å². The summed E-state index contributed by atoms with van der Waals surface area (Å²) in [7, 11) is 2.96. The molecule has 3 rings (SSSR count). The molecule has 0 spiro atoms. The molecule has 0 heterocycles. The van der Waals surface area contributed by atoms with E-state index in [4.69, 9.17) is 28.5 Å². The molecule has 0 radical (unpaired) electrons. The zero-order chi connectivity index (χ0) is 32.4. The van der Waals surface area contributed by atoms with Gasteiger partial charge in [-0.3, -0.25) is 9.59 Å². The van der Waals surface area contributed by atoms with Crippen molar-refractivity contribution in [3.63, 3.8) is 0 Å². The molecule has 43 heavy (non-hydrogen) atoms. The summed E-state index contributed by atoms with van der Waals surface area (Å²) < 4.78 is 55.5. The molecule has 0 unspecified atom stereocenters. The summed E-state index contributed by atoms with van der Waals surface area (Å²) in [6.45, 7) is 13.1. The predicted octanol–water partition coefficient (Wildman–Crippen LogP) is 6.72. The Labute approximate surface area is 249 Å². The molecular weight excluding hydrogens is 562 g/mol. The van der Waals surface area contributed by atoms with Gasteiger partial charge in [-0.2, -0.15) is 4.39 Å². The molecule has 0 bridgehead atoms. The molecule has 0 aliphatic rings. The molecule has 10 heteroatoms. The van der Waals surface area contributed by atoms with Gasteiger partial charge in [-0.05, 0) is 67.5 Å². The topological polar surface area (TPSA) is 97.4 Å². The highest BCUT2D eigenvalue weighted by Crippen LogP contribution is 2.33. The van der Waals surface area contributed by atoms with Crippen LogP contribution in [0.1, 0.15) is 13.8 Å². The number of ether oxygens (including phenoxy) is 5. The zero-order valence-electron chi connectivity index (χ0n) is 24.5. The van der Waals surface area contributed by atoms with Gasteiger partial charge < -0.3 is 23.7 Å². The minimum Gasteiger partial charge on any atom is -0.497 e. The average Bonchev–Trinajstić information content (AvgIpc) is 3.01. The van der Waals surface area contributed by atoms with E-state index >= 15 is 0 Å². The first-order chi connectivity index (χ1) is 20.5. The van der Waals surface area contributed by atoms with Gasteiger partial charge in [0.1, 0.15) is 37.3 Å². The van der Waals surface area contributed by atoms with Crippen molar-refractivity contribution in [1.29, 1.82) is 0 Å². The van der Waals surface area contributed by atoms with E-state index in [-0.39, 0.29) is 35.8 Å². The Bertz CT molecular complexity index is 1410. The number of hydrogen-bond donors (Lipinski definition) is 0. The minimum atomic E-state index is -1.09. The van der Waals surface area contributed by atoms with Gasteiger partial charge in [0.15, 0.2) is 23.1 Å². The Morgan fingerprint density at radius 3 is 1.86 bits per heavy atom. The summed E-state index contributed by atoms with van der Waals surface area (Å²) >= 11 is 0. The molecule has 0 amide bonds. The largest absolute Gasteiger partial charge is 0.497 e. The van der Waals surface area contributed by atoms with Crippen molar-refractivity contribution in [2.45, 2.75) is 13.8 Å². The molecular formula is C33H34F2O8. The number of methoxy groups -OCH3 is 2. The second-order valence-electron chi connectivity index (χ2n) is 8.48. The van der Waals surface area contributed by atoms with Crippen molar-refractivity contribution in [3.8, 4) is 39.9 Å². The number of carbonyl (C=O) groups excluding carboxylic acids is 3. The van der Waals surface area contributed by atoms with Crippen LogP contribution in [0, 0.1) is 11.6 Å². The molecule has 3 aromatic rings. The second kappa shape index (κ2) is 19.0. The van der Waals surface area contributed by atoms with Crippen LogP contribution in [0.5, 0.6) is 28.7 Å². The lowest BCUT2D eigenvalue weighted by molar-refractivity contribution is -0.130. The Morgan fingerprint density at radius 2 is 1.35 bits per heavy atom. The molecule has 0 saturated carbocycles. The standard InChI is InChI=1S/C26H24F2O6.C4H6O.C3H4O/c1-16(2)26(29)34-23-15-19(9-11-21(23)31-4)32-13-14-33-22-12-10-20(24(27)25(22)28)17-5-7-18(30-3)8-6-17;1-4(2)3-5;1-2-3-4/h5-12,15H,1,13-14H2,2-4H3;3H,1H2,2H3;2-3H,1H2. The first-order valence-corrected chi connectivity index (χ1v) is 12.6. The Hall–Kier alpha value is -5.25. The number of rotatable bonds is 12. The number of hydrogen-bond acceptors (Lipinski definition) is 8. The van der Waals surface area contributed by atoms with Gasteiger partial charge in [0.05, 0.1) is 14.2 Å². The number of benzene rings is 3. The van der Waals surface area contributed by atoms with Crippen LogP contribution < -0.4 is 23.7 Å². The van der Waals surface area contributed by atoms with E-state index in [1.807, 2.05) is 0 Å². The van der Waals surface area contributed by atoms with Crippen molar-refractivity contribution >= 4 is 18.5 Å². The maximum atomic E-state index is 14.6. The summed E-state index contributed by atoms with van der Waals surface area (Å²) in [6, 6.07) is 14.1. The van der Waals surface area contributed by atoms with Gasteiger partial charge >= 0.3 is 5.97 Å². The summed E-state index contributed by atoms with van der Waals surface area (Å²) in [6.07, 6.45) is 2.56. The molecule has 0 aliphatic carbocycles. The monoisotopic (exact) mass is 596 g/mol. The lowest BCUT2D eigenvalue weighted by atomic mass is 10.0. The van der Waals surface area contributed by atoms with Gasteiger partial charge in [-0.15, -0.1) is 0 Å². The highest BCUT2D eigenvalue weighted by Gasteiger charge is 2.16. The lowest BCUT2D eigenvalue weighted by Gasteiger charge is -2.13. The molecule has 0 atom stereocenters. The third-order valence-electron chi connectivity index (χ3n) is 5.04. The van der Waals surface area contributed by atoms with Crippen LogP contribution in [0.4, 0.5) is 8.78 Å². The molecule has 228 valence electrons. The smallest absolute Gasteiger partial charge is 0.338 e. The van der Waals surface area contributed by atoms with E-state index in [0.717, 1.165) is 6.29 Å². The van der Waals surface area contributed by atoms with Crippen LogP contribution >= 0.6 is 0 Å². The quantitative estimate of drug-likeness (QED) is 0.0747. The summed E-state index contributed by atoms with van der Waals surface area (Å²) in [5.41, 5.74) is 1.42. The highest BCUT2D eigenvalue weighted by molar-refractivity contribution is 5.89. The van der Waals surface area contributed by atoms with Crippen molar-refractivity contribution in [2.75, 3.05) is 27.4 Å². The third-order valence-corrected chi connectivity index (χ3v) is 5.04. The molecule has 0 N–H and O–H groups in total. The highest BCUT2D eigenvalue weighted by atomic mass is 19.2. The van der Waals surface area contributed by atoms with E-state index in [0.29, 0.717) is 34.7 Å². The first-order valence-electron chi connectivity index (χ1n) is 12.6. The molecule has 0 fully saturated rings. The van der Waals surface area contributed by atoms with Crippen molar-refractivity contribution in [3.05, 3.63) is 103 Å². The predicted molar refractivity (Wildman–Crippen MR) is 160 cm³/mol. The maximum absolute atomic E-state index is 14.6. The van der Waals surface area contributed by atoms with Gasteiger partial charge in [-0.25, -0.2) is 9.18 Å². The lowest BCUT2D eigenvalue weighted by Crippen LogP contribution is -2.11. The number of halogens is 2. The fourth-order valence-electron chi connectivity index (χ4n) is 2.96. The summed E-state index contributed by atoms with van der Waals surface area (Å²) in [5, 5.41) is 0. The Morgan fingerprint density at radius 1 is 0.791 bits per heavy atom. The molecule has 8 nitrogen and oxygen atoms in total. The zero-order valence-corrected chi connectivity index (χ0v) is 24.5. The second-order valence-corrected chi connectivity index (χ2v) is 8.48. The molecule has 0 saturated heterocycles. The molecule has 0 aliphatic heterocycles. The molecule has 0 aromatic heterocycles. The van der Waals surface area contributed by atoms with Crippen LogP contribution in [0.2, 0.25) is 0 Å². The Kier molecular flexibility index (Phi) is 15.8. The van der Waals surface area contributed by atoms with Crippen LogP contribution in [-0.2, 0) is 14.4 Å². The number of aldehydes is 2. The first kappa shape index (κ1) is 35.8. The van der Waals surface area contributed by atoms with Gasteiger partial charge in [0, 0.05) is 17.2 Å². The average molecular weight is 597 g/mol. The minimum absolute atomic E-state index is 0.0293.